The zero-order chi connectivity index (χ0) is 15.0. The van der Waals surface area contributed by atoms with E-state index in [0.717, 1.165) is 11.0 Å². The van der Waals surface area contributed by atoms with Gasteiger partial charge in [0.25, 0.3) is 5.91 Å². The minimum atomic E-state index is -0.0577. The lowest BCUT2D eigenvalue weighted by Crippen LogP contribution is -2.21. The summed E-state index contributed by atoms with van der Waals surface area (Å²) in [6.45, 7) is 0. The number of amides is 1. The number of hydrogen-bond acceptors (Lipinski definition) is 5. The standard InChI is InChI=1S/C14H14N6O/c1-19(2)14(21)9-3-4-11-10(5-9)18-8-20(11)13-6-12(15)16-7-17-13/h3-8H,1-2H3,(H2,15,16,17). The molecule has 0 saturated carbocycles. The molecule has 7 nitrogen and oxygen atoms in total. The summed E-state index contributed by atoms with van der Waals surface area (Å²) < 4.78 is 1.80. The molecular formula is C14H14N6O. The molecule has 106 valence electrons. The van der Waals surface area contributed by atoms with Gasteiger partial charge in [0.2, 0.25) is 0 Å². The average molecular weight is 282 g/mol. The Balaban J connectivity index is 2.10. The highest BCUT2D eigenvalue weighted by molar-refractivity contribution is 5.97. The summed E-state index contributed by atoms with van der Waals surface area (Å²) in [5, 5.41) is 0. The van der Waals surface area contributed by atoms with E-state index in [1.54, 1.807) is 43.2 Å². The van der Waals surface area contributed by atoms with Gasteiger partial charge in [-0.3, -0.25) is 9.36 Å². The molecule has 0 saturated heterocycles. The maximum Gasteiger partial charge on any atom is 0.253 e. The zero-order valence-corrected chi connectivity index (χ0v) is 11.7. The first-order valence-corrected chi connectivity index (χ1v) is 6.33. The van der Waals surface area contributed by atoms with Gasteiger partial charge in [-0.05, 0) is 18.2 Å². The number of rotatable bonds is 2. The summed E-state index contributed by atoms with van der Waals surface area (Å²) in [6.07, 6.45) is 3.05. The fourth-order valence-electron chi connectivity index (χ4n) is 2.08. The van der Waals surface area contributed by atoms with E-state index in [9.17, 15) is 4.79 Å². The van der Waals surface area contributed by atoms with E-state index in [-0.39, 0.29) is 5.91 Å². The summed E-state index contributed by atoms with van der Waals surface area (Å²) in [5.74, 6) is 0.968. The van der Waals surface area contributed by atoms with Crippen molar-refractivity contribution in [3.63, 3.8) is 0 Å². The lowest BCUT2D eigenvalue weighted by atomic mass is 10.2. The highest BCUT2D eigenvalue weighted by Gasteiger charge is 2.12. The summed E-state index contributed by atoms with van der Waals surface area (Å²) in [6, 6.07) is 7.05. The summed E-state index contributed by atoms with van der Waals surface area (Å²) in [5.41, 5.74) is 7.84. The zero-order valence-electron chi connectivity index (χ0n) is 11.7. The van der Waals surface area contributed by atoms with Gasteiger partial charge in [0.15, 0.2) is 0 Å². The molecule has 3 aromatic rings. The van der Waals surface area contributed by atoms with Gasteiger partial charge in [0, 0.05) is 25.7 Å². The molecule has 0 aliphatic rings. The Morgan fingerprint density at radius 3 is 2.71 bits per heavy atom. The average Bonchev–Trinajstić information content (AvgIpc) is 2.89. The van der Waals surface area contributed by atoms with Gasteiger partial charge in [-0.2, -0.15) is 0 Å². The number of aromatic nitrogens is 4. The first-order valence-electron chi connectivity index (χ1n) is 6.33. The van der Waals surface area contributed by atoms with Crippen LogP contribution >= 0.6 is 0 Å². The van der Waals surface area contributed by atoms with E-state index in [1.807, 2.05) is 6.07 Å². The van der Waals surface area contributed by atoms with Crippen molar-refractivity contribution in [2.24, 2.45) is 0 Å². The maximum absolute atomic E-state index is 12.0. The number of nitrogens with zero attached hydrogens (tertiary/aromatic N) is 5. The van der Waals surface area contributed by atoms with Crippen molar-refractivity contribution >= 4 is 22.8 Å². The largest absolute Gasteiger partial charge is 0.384 e. The van der Waals surface area contributed by atoms with Crippen molar-refractivity contribution in [1.82, 2.24) is 24.4 Å². The molecular weight excluding hydrogens is 268 g/mol. The number of carbonyl (C=O) groups excluding carboxylic acids is 1. The summed E-state index contributed by atoms with van der Waals surface area (Å²) in [4.78, 5) is 25.9. The molecule has 0 aliphatic carbocycles. The molecule has 0 aliphatic heterocycles. The Labute approximate surface area is 121 Å². The molecule has 0 radical (unpaired) electrons. The van der Waals surface area contributed by atoms with Crippen LogP contribution in [0.3, 0.4) is 0 Å². The van der Waals surface area contributed by atoms with Crippen molar-refractivity contribution in [2.45, 2.75) is 0 Å². The summed E-state index contributed by atoms with van der Waals surface area (Å²) in [7, 11) is 3.43. The Morgan fingerprint density at radius 2 is 2.00 bits per heavy atom. The third-order valence-corrected chi connectivity index (χ3v) is 3.12. The van der Waals surface area contributed by atoms with Crippen LogP contribution in [0.2, 0.25) is 0 Å². The predicted octanol–water partition coefficient (Wildman–Crippen LogP) is 1.10. The number of benzene rings is 1. The van der Waals surface area contributed by atoms with Crippen molar-refractivity contribution in [3.05, 3.63) is 42.5 Å². The molecule has 0 unspecified atom stereocenters. The van der Waals surface area contributed by atoms with Gasteiger partial charge in [-0.25, -0.2) is 15.0 Å². The van der Waals surface area contributed by atoms with Gasteiger partial charge >= 0.3 is 0 Å². The second kappa shape index (κ2) is 4.86. The maximum atomic E-state index is 12.0. The third kappa shape index (κ3) is 2.29. The molecule has 1 aromatic carbocycles. The van der Waals surface area contributed by atoms with Crippen LogP contribution in [-0.2, 0) is 0 Å². The van der Waals surface area contributed by atoms with E-state index >= 15 is 0 Å². The Hall–Kier alpha value is -2.96. The van der Waals surface area contributed by atoms with Crippen LogP contribution in [0.25, 0.3) is 16.9 Å². The van der Waals surface area contributed by atoms with Crippen molar-refractivity contribution < 1.29 is 4.79 Å². The summed E-state index contributed by atoms with van der Waals surface area (Å²) >= 11 is 0. The monoisotopic (exact) mass is 282 g/mol. The van der Waals surface area contributed by atoms with E-state index in [4.69, 9.17) is 5.73 Å². The van der Waals surface area contributed by atoms with Gasteiger partial charge in [0.05, 0.1) is 11.0 Å². The van der Waals surface area contributed by atoms with Crippen LogP contribution in [0, 0.1) is 0 Å². The topological polar surface area (TPSA) is 89.9 Å². The number of hydrogen-bond donors (Lipinski definition) is 1. The van der Waals surface area contributed by atoms with Crippen molar-refractivity contribution in [3.8, 4) is 5.82 Å². The predicted molar refractivity (Wildman–Crippen MR) is 79.1 cm³/mol. The van der Waals surface area contributed by atoms with Crippen LogP contribution in [-0.4, -0.2) is 44.4 Å². The first kappa shape index (κ1) is 13.0. The number of imidazole rings is 1. The molecule has 0 bridgehead atoms. The molecule has 21 heavy (non-hydrogen) atoms. The van der Waals surface area contributed by atoms with E-state index in [1.165, 1.54) is 11.2 Å². The third-order valence-electron chi connectivity index (χ3n) is 3.12. The highest BCUT2D eigenvalue weighted by atomic mass is 16.2. The van der Waals surface area contributed by atoms with E-state index in [2.05, 4.69) is 15.0 Å². The molecule has 3 rings (SSSR count). The molecule has 1 amide bonds. The van der Waals surface area contributed by atoms with Crippen molar-refractivity contribution in [1.29, 1.82) is 0 Å². The van der Waals surface area contributed by atoms with E-state index in [0.29, 0.717) is 17.2 Å². The molecule has 2 N–H and O–H groups in total. The van der Waals surface area contributed by atoms with Crippen LogP contribution in [0.1, 0.15) is 10.4 Å². The SMILES string of the molecule is CN(C)C(=O)c1ccc2c(c1)ncn2-c1cc(N)ncn1. The Kier molecular flexibility index (Phi) is 3.02. The molecule has 0 atom stereocenters. The number of carbonyl (C=O) groups is 1. The molecule has 0 fully saturated rings. The number of nitrogen functional groups attached to an aromatic ring is 1. The fourth-order valence-corrected chi connectivity index (χ4v) is 2.08. The highest BCUT2D eigenvalue weighted by Crippen LogP contribution is 2.19. The Morgan fingerprint density at radius 1 is 1.19 bits per heavy atom. The van der Waals surface area contributed by atoms with Gasteiger partial charge in [-0.1, -0.05) is 0 Å². The molecule has 2 aromatic heterocycles. The molecule has 0 spiro atoms. The lowest BCUT2D eigenvalue weighted by molar-refractivity contribution is 0.0828. The van der Waals surface area contributed by atoms with Gasteiger partial charge in [0.1, 0.15) is 24.3 Å². The van der Waals surface area contributed by atoms with E-state index < -0.39 is 0 Å². The fraction of sp³-hybridized carbons (Fsp3) is 0.143. The quantitative estimate of drug-likeness (QED) is 0.760. The second-order valence-electron chi connectivity index (χ2n) is 4.82. The number of nitrogens with two attached hydrogens (primary N) is 1. The number of anilines is 1. The van der Waals surface area contributed by atoms with Crippen LogP contribution < -0.4 is 5.73 Å². The van der Waals surface area contributed by atoms with Crippen LogP contribution in [0.4, 0.5) is 5.82 Å². The van der Waals surface area contributed by atoms with Gasteiger partial charge < -0.3 is 10.6 Å². The second-order valence-corrected chi connectivity index (χ2v) is 4.82. The minimum Gasteiger partial charge on any atom is -0.384 e. The minimum absolute atomic E-state index is 0.0577. The van der Waals surface area contributed by atoms with Gasteiger partial charge in [-0.15, -0.1) is 0 Å². The normalized spacial score (nSPS) is 10.8. The molecule has 2 heterocycles. The van der Waals surface area contributed by atoms with Crippen LogP contribution in [0.15, 0.2) is 36.9 Å². The smallest absolute Gasteiger partial charge is 0.253 e. The first-order chi connectivity index (χ1) is 10.1. The molecule has 7 heteroatoms. The number of fused-ring (bicyclic) bond motifs is 1. The van der Waals surface area contributed by atoms with Crippen LogP contribution in [0.5, 0.6) is 0 Å². The van der Waals surface area contributed by atoms with Crippen molar-refractivity contribution in [2.75, 3.05) is 19.8 Å². The Bertz CT molecular complexity index is 823. The lowest BCUT2D eigenvalue weighted by Gasteiger charge is -2.10.